The molecule has 0 aliphatic rings. The van der Waals surface area contributed by atoms with Crippen molar-refractivity contribution in [2.45, 2.75) is 13.5 Å². The molecule has 2 heterocycles. The Hall–Kier alpha value is -1.36. The average Bonchev–Trinajstić information content (AvgIpc) is 2.64. The van der Waals surface area contributed by atoms with Gasteiger partial charge < -0.3 is 5.32 Å². The van der Waals surface area contributed by atoms with E-state index in [4.69, 9.17) is 0 Å². The van der Waals surface area contributed by atoms with Crippen LogP contribution in [0.15, 0.2) is 35.2 Å². The van der Waals surface area contributed by atoms with Gasteiger partial charge in [-0.3, -0.25) is 4.68 Å². The predicted molar refractivity (Wildman–Crippen MR) is 67.4 cm³/mol. The van der Waals surface area contributed by atoms with Crippen LogP contribution in [0.25, 0.3) is 0 Å². The number of halogens is 1. The number of aromatic nitrogens is 3. The number of aryl methyl sites for hydroxylation is 1. The second-order valence-corrected chi connectivity index (χ2v) is 4.37. The van der Waals surface area contributed by atoms with Crippen molar-refractivity contribution in [2.75, 3.05) is 11.9 Å². The molecule has 1 N–H and O–H groups in total. The molecule has 0 aromatic carbocycles. The molecule has 0 radical (unpaired) electrons. The summed E-state index contributed by atoms with van der Waals surface area (Å²) in [6.07, 6.45) is 3.88. The standard InChI is InChI=1S/C11H13BrN4/c1-9-7-14-16(8-9)6-5-13-11-4-2-3-10(12)15-11/h2-4,7-8H,5-6H2,1H3,(H,13,15). The molecule has 4 nitrogen and oxygen atoms in total. The van der Waals surface area contributed by atoms with E-state index in [2.05, 4.69) is 31.3 Å². The highest BCUT2D eigenvalue weighted by Crippen LogP contribution is 2.09. The molecule has 84 valence electrons. The first-order valence-electron chi connectivity index (χ1n) is 5.09. The van der Waals surface area contributed by atoms with E-state index >= 15 is 0 Å². The summed E-state index contributed by atoms with van der Waals surface area (Å²) in [6.45, 7) is 3.68. The van der Waals surface area contributed by atoms with Crippen molar-refractivity contribution in [3.8, 4) is 0 Å². The number of rotatable bonds is 4. The fourth-order valence-electron chi connectivity index (χ4n) is 1.39. The van der Waals surface area contributed by atoms with Gasteiger partial charge in [0.1, 0.15) is 10.4 Å². The van der Waals surface area contributed by atoms with Crippen molar-refractivity contribution in [3.63, 3.8) is 0 Å². The minimum atomic E-state index is 0.810. The zero-order valence-corrected chi connectivity index (χ0v) is 10.6. The fourth-order valence-corrected chi connectivity index (χ4v) is 1.74. The van der Waals surface area contributed by atoms with Gasteiger partial charge in [-0.05, 0) is 40.5 Å². The van der Waals surface area contributed by atoms with Crippen LogP contribution in [0, 0.1) is 6.92 Å². The lowest BCUT2D eigenvalue weighted by Crippen LogP contribution is -2.11. The van der Waals surface area contributed by atoms with Gasteiger partial charge in [-0.1, -0.05) is 6.07 Å². The van der Waals surface area contributed by atoms with Gasteiger partial charge in [0.15, 0.2) is 0 Å². The van der Waals surface area contributed by atoms with Crippen molar-refractivity contribution < 1.29 is 0 Å². The van der Waals surface area contributed by atoms with Crippen LogP contribution in [0.1, 0.15) is 5.56 Å². The van der Waals surface area contributed by atoms with E-state index in [1.54, 1.807) is 0 Å². The number of anilines is 1. The van der Waals surface area contributed by atoms with Crippen LogP contribution in [0.4, 0.5) is 5.82 Å². The minimum absolute atomic E-state index is 0.810. The Balaban J connectivity index is 1.84. The second-order valence-electron chi connectivity index (χ2n) is 3.55. The number of hydrogen-bond donors (Lipinski definition) is 1. The maximum atomic E-state index is 4.29. The van der Waals surface area contributed by atoms with Crippen molar-refractivity contribution >= 4 is 21.7 Å². The quantitative estimate of drug-likeness (QED) is 0.875. The monoisotopic (exact) mass is 280 g/mol. The van der Waals surface area contributed by atoms with Gasteiger partial charge in [-0.15, -0.1) is 0 Å². The van der Waals surface area contributed by atoms with Crippen LogP contribution >= 0.6 is 15.9 Å². The highest BCUT2D eigenvalue weighted by molar-refractivity contribution is 9.10. The van der Waals surface area contributed by atoms with E-state index in [0.29, 0.717) is 0 Å². The van der Waals surface area contributed by atoms with E-state index in [1.165, 1.54) is 5.56 Å². The molecule has 0 saturated carbocycles. The summed E-state index contributed by atoms with van der Waals surface area (Å²) in [5, 5.41) is 7.45. The smallest absolute Gasteiger partial charge is 0.127 e. The Bertz CT molecular complexity index is 467. The van der Waals surface area contributed by atoms with E-state index < -0.39 is 0 Å². The Morgan fingerprint density at radius 3 is 3.00 bits per heavy atom. The lowest BCUT2D eigenvalue weighted by atomic mass is 10.4. The van der Waals surface area contributed by atoms with Crippen molar-refractivity contribution in [1.82, 2.24) is 14.8 Å². The normalized spacial score (nSPS) is 10.4. The molecule has 5 heteroatoms. The summed E-state index contributed by atoms with van der Waals surface area (Å²) in [6, 6.07) is 5.80. The summed E-state index contributed by atoms with van der Waals surface area (Å²) < 4.78 is 2.76. The first-order chi connectivity index (χ1) is 7.74. The predicted octanol–water partition coefficient (Wildman–Crippen LogP) is 2.46. The third-order valence-electron chi connectivity index (χ3n) is 2.12. The maximum Gasteiger partial charge on any atom is 0.127 e. The molecular formula is C11H13BrN4. The van der Waals surface area contributed by atoms with Crippen molar-refractivity contribution in [1.29, 1.82) is 0 Å². The molecule has 16 heavy (non-hydrogen) atoms. The van der Waals surface area contributed by atoms with Gasteiger partial charge >= 0.3 is 0 Å². The van der Waals surface area contributed by atoms with Crippen molar-refractivity contribution in [2.24, 2.45) is 0 Å². The summed E-state index contributed by atoms with van der Waals surface area (Å²) in [7, 11) is 0. The van der Waals surface area contributed by atoms with E-state index in [9.17, 15) is 0 Å². The largest absolute Gasteiger partial charge is 0.368 e. The number of hydrogen-bond acceptors (Lipinski definition) is 3. The second kappa shape index (κ2) is 5.12. The number of pyridine rings is 1. The molecule has 2 aromatic heterocycles. The summed E-state index contributed by atoms with van der Waals surface area (Å²) in [4.78, 5) is 4.29. The molecule has 2 rings (SSSR count). The minimum Gasteiger partial charge on any atom is -0.368 e. The van der Waals surface area contributed by atoms with Crippen LogP contribution in [-0.4, -0.2) is 21.3 Å². The van der Waals surface area contributed by atoms with Gasteiger partial charge in [-0.2, -0.15) is 5.10 Å². The molecule has 0 bridgehead atoms. The van der Waals surface area contributed by atoms with Gasteiger partial charge in [0, 0.05) is 12.7 Å². The van der Waals surface area contributed by atoms with Crippen LogP contribution in [0.3, 0.4) is 0 Å². The molecule has 0 amide bonds. The summed E-state index contributed by atoms with van der Waals surface area (Å²) >= 11 is 3.33. The molecule has 0 aliphatic carbocycles. The molecular weight excluding hydrogens is 268 g/mol. The summed E-state index contributed by atoms with van der Waals surface area (Å²) in [5.74, 6) is 0.873. The van der Waals surface area contributed by atoms with Crippen LogP contribution in [0.5, 0.6) is 0 Å². The fraction of sp³-hybridized carbons (Fsp3) is 0.273. The Labute approximate surface area is 103 Å². The SMILES string of the molecule is Cc1cnn(CCNc2cccc(Br)n2)c1. The van der Waals surface area contributed by atoms with E-state index in [-0.39, 0.29) is 0 Å². The van der Waals surface area contributed by atoms with Gasteiger partial charge in [0.2, 0.25) is 0 Å². The Kier molecular flexibility index (Phi) is 3.56. The molecule has 2 aromatic rings. The number of nitrogens with one attached hydrogen (secondary N) is 1. The van der Waals surface area contributed by atoms with E-state index in [1.807, 2.05) is 42.2 Å². The third kappa shape index (κ3) is 3.06. The lowest BCUT2D eigenvalue weighted by molar-refractivity contribution is 0.636. The zero-order valence-electron chi connectivity index (χ0n) is 9.02. The first kappa shape index (κ1) is 11.1. The average molecular weight is 281 g/mol. The summed E-state index contributed by atoms with van der Waals surface area (Å²) in [5.41, 5.74) is 1.18. The Morgan fingerprint density at radius 2 is 2.31 bits per heavy atom. The molecule has 0 spiro atoms. The highest BCUT2D eigenvalue weighted by Gasteiger charge is 1.96. The molecule has 0 fully saturated rings. The molecule has 0 aliphatic heterocycles. The van der Waals surface area contributed by atoms with Crippen LogP contribution in [0.2, 0.25) is 0 Å². The molecule has 0 saturated heterocycles. The zero-order chi connectivity index (χ0) is 11.4. The molecule has 0 atom stereocenters. The number of nitrogens with zero attached hydrogens (tertiary/aromatic N) is 3. The highest BCUT2D eigenvalue weighted by atomic mass is 79.9. The van der Waals surface area contributed by atoms with Crippen LogP contribution < -0.4 is 5.32 Å². The van der Waals surface area contributed by atoms with Crippen LogP contribution in [-0.2, 0) is 6.54 Å². The van der Waals surface area contributed by atoms with Gasteiger partial charge in [-0.25, -0.2) is 4.98 Å². The maximum absolute atomic E-state index is 4.29. The topological polar surface area (TPSA) is 42.7 Å². The van der Waals surface area contributed by atoms with E-state index in [0.717, 1.165) is 23.5 Å². The lowest BCUT2D eigenvalue weighted by Gasteiger charge is -2.05. The van der Waals surface area contributed by atoms with Gasteiger partial charge in [0.05, 0.1) is 12.7 Å². The van der Waals surface area contributed by atoms with Gasteiger partial charge in [0.25, 0.3) is 0 Å². The Morgan fingerprint density at radius 1 is 1.44 bits per heavy atom. The molecule has 0 unspecified atom stereocenters. The first-order valence-corrected chi connectivity index (χ1v) is 5.89. The third-order valence-corrected chi connectivity index (χ3v) is 2.57. The van der Waals surface area contributed by atoms with Crippen molar-refractivity contribution in [3.05, 3.63) is 40.8 Å².